The maximum absolute atomic E-state index is 12.7. The summed E-state index contributed by atoms with van der Waals surface area (Å²) in [5.74, 6) is 1.25. The molecule has 11 heteroatoms. The van der Waals surface area contributed by atoms with E-state index in [1.807, 2.05) is 29.7 Å². The van der Waals surface area contributed by atoms with Crippen molar-refractivity contribution in [3.05, 3.63) is 59.4 Å². The number of aryl methyl sites for hydroxylation is 1. The van der Waals surface area contributed by atoms with Crippen molar-refractivity contribution >= 4 is 33.4 Å². The fourth-order valence-corrected chi connectivity index (χ4v) is 5.50. The molecule has 0 unspecified atom stereocenters. The van der Waals surface area contributed by atoms with Crippen LogP contribution in [0.25, 0.3) is 5.69 Å². The van der Waals surface area contributed by atoms with E-state index in [1.165, 1.54) is 16.1 Å². The van der Waals surface area contributed by atoms with Crippen LogP contribution in [0.1, 0.15) is 5.56 Å². The van der Waals surface area contributed by atoms with E-state index in [0.29, 0.717) is 49.4 Å². The summed E-state index contributed by atoms with van der Waals surface area (Å²) in [4.78, 5) is 0.256. The Morgan fingerprint density at radius 2 is 1.91 bits per heavy atom. The second kappa shape index (κ2) is 10.2. The molecule has 1 aliphatic heterocycles. The minimum Gasteiger partial charge on any atom is -0.493 e. The molecule has 0 saturated carbocycles. The van der Waals surface area contributed by atoms with Gasteiger partial charge in [-0.3, -0.25) is 4.57 Å². The number of hydrogen-bond donors (Lipinski definition) is 0. The molecular weight excluding hydrogens is 472 g/mol. The third-order valence-electron chi connectivity index (χ3n) is 4.96. The van der Waals surface area contributed by atoms with Crippen LogP contribution in [0, 0.1) is 6.92 Å². The van der Waals surface area contributed by atoms with Gasteiger partial charge < -0.3 is 9.47 Å². The fourth-order valence-electron chi connectivity index (χ4n) is 3.17. The van der Waals surface area contributed by atoms with Crippen LogP contribution in [0.5, 0.6) is 5.75 Å². The number of benzene rings is 2. The van der Waals surface area contributed by atoms with Gasteiger partial charge in [0.05, 0.1) is 30.4 Å². The molecule has 0 bridgehead atoms. The zero-order chi connectivity index (χ0) is 22.6. The van der Waals surface area contributed by atoms with Gasteiger partial charge in [0.25, 0.3) is 0 Å². The van der Waals surface area contributed by atoms with Gasteiger partial charge in [0.1, 0.15) is 12.1 Å². The Hall–Kier alpha value is -2.11. The first-order valence-electron chi connectivity index (χ1n) is 10.1. The number of nitrogens with zero attached hydrogens (tertiary/aromatic N) is 4. The highest BCUT2D eigenvalue weighted by atomic mass is 35.5. The molecule has 0 N–H and O–H groups in total. The van der Waals surface area contributed by atoms with E-state index in [2.05, 4.69) is 10.2 Å². The zero-order valence-corrected chi connectivity index (χ0v) is 19.9. The number of rotatable bonds is 8. The maximum Gasteiger partial charge on any atom is 0.243 e. The van der Waals surface area contributed by atoms with Gasteiger partial charge in [-0.05, 0) is 48.9 Å². The van der Waals surface area contributed by atoms with Gasteiger partial charge in [-0.1, -0.05) is 29.4 Å². The van der Waals surface area contributed by atoms with Crippen molar-refractivity contribution in [2.24, 2.45) is 0 Å². The smallest absolute Gasteiger partial charge is 0.243 e. The van der Waals surface area contributed by atoms with Crippen LogP contribution in [0.3, 0.4) is 0 Å². The highest BCUT2D eigenvalue weighted by Gasteiger charge is 2.26. The van der Waals surface area contributed by atoms with Gasteiger partial charge in [0, 0.05) is 23.9 Å². The summed E-state index contributed by atoms with van der Waals surface area (Å²) in [7, 11) is -3.50. The van der Waals surface area contributed by atoms with E-state index in [0.717, 1.165) is 16.4 Å². The number of aromatic nitrogens is 3. The van der Waals surface area contributed by atoms with E-state index in [4.69, 9.17) is 21.1 Å². The first-order valence-corrected chi connectivity index (χ1v) is 12.9. The van der Waals surface area contributed by atoms with Gasteiger partial charge in [0.15, 0.2) is 5.16 Å². The Balaban J connectivity index is 1.31. The molecule has 0 spiro atoms. The van der Waals surface area contributed by atoms with Crippen molar-refractivity contribution in [3.8, 4) is 11.4 Å². The minimum absolute atomic E-state index is 0.256. The van der Waals surface area contributed by atoms with E-state index in [-0.39, 0.29) is 4.90 Å². The molecule has 2 heterocycles. The van der Waals surface area contributed by atoms with Crippen LogP contribution in [0.4, 0.5) is 0 Å². The standard InChI is InChI=1S/C21H23ClN4O4S2/c1-16-2-3-17(14-20(16)22)26-15-23-24-21(26)31-13-12-30-18-4-6-19(7-5-18)32(27,28)25-8-10-29-11-9-25/h2-7,14-15H,8-13H2,1H3. The average molecular weight is 495 g/mol. The summed E-state index contributed by atoms with van der Waals surface area (Å²) >= 11 is 7.75. The summed E-state index contributed by atoms with van der Waals surface area (Å²) < 4.78 is 39.7. The monoisotopic (exact) mass is 494 g/mol. The normalized spacial score (nSPS) is 15.1. The molecule has 0 radical (unpaired) electrons. The molecule has 0 atom stereocenters. The summed E-state index contributed by atoms with van der Waals surface area (Å²) in [6.07, 6.45) is 1.65. The summed E-state index contributed by atoms with van der Waals surface area (Å²) in [6, 6.07) is 12.3. The quantitative estimate of drug-likeness (QED) is 0.350. The molecule has 1 fully saturated rings. The van der Waals surface area contributed by atoms with Crippen molar-refractivity contribution in [3.63, 3.8) is 0 Å². The number of sulfonamides is 1. The predicted molar refractivity (Wildman–Crippen MR) is 123 cm³/mol. The lowest BCUT2D eigenvalue weighted by molar-refractivity contribution is 0.0730. The van der Waals surface area contributed by atoms with E-state index < -0.39 is 10.0 Å². The third-order valence-corrected chi connectivity index (χ3v) is 8.19. The molecule has 0 aliphatic carbocycles. The van der Waals surface area contributed by atoms with Crippen molar-refractivity contribution in [1.29, 1.82) is 0 Å². The Morgan fingerprint density at radius 1 is 1.16 bits per heavy atom. The average Bonchev–Trinajstić information content (AvgIpc) is 3.28. The van der Waals surface area contributed by atoms with Gasteiger partial charge >= 0.3 is 0 Å². The van der Waals surface area contributed by atoms with E-state index in [1.54, 1.807) is 30.6 Å². The molecule has 4 rings (SSSR count). The third kappa shape index (κ3) is 5.26. The predicted octanol–water partition coefficient (Wildman–Crippen LogP) is 3.42. The molecule has 170 valence electrons. The molecule has 3 aromatic rings. The highest BCUT2D eigenvalue weighted by molar-refractivity contribution is 7.99. The Morgan fingerprint density at radius 3 is 2.62 bits per heavy atom. The van der Waals surface area contributed by atoms with Crippen molar-refractivity contribution in [2.45, 2.75) is 17.0 Å². The maximum atomic E-state index is 12.7. The van der Waals surface area contributed by atoms with Crippen molar-refractivity contribution in [1.82, 2.24) is 19.1 Å². The molecule has 8 nitrogen and oxygen atoms in total. The van der Waals surface area contributed by atoms with E-state index >= 15 is 0 Å². The van der Waals surface area contributed by atoms with Crippen LogP contribution in [-0.2, 0) is 14.8 Å². The topological polar surface area (TPSA) is 86.5 Å². The van der Waals surface area contributed by atoms with Crippen LogP contribution >= 0.6 is 23.4 Å². The SMILES string of the molecule is Cc1ccc(-n2cnnc2SCCOc2ccc(S(=O)(=O)N3CCOCC3)cc2)cc1Cl. The summed E-state index contributed by atoms with van der Waals surface area (Å²) in [6.45, 7) is 3.97. The minimum atomic E-state index is -3.50. The van der Waals surface area contributed by atoms with Gasteiger partial charge in [-0.25, -0.2) is 8.42 Å². The second-order valence-electron chi connectivity index (χ2n) is 7.10. The van der Waals surface area contributed by atoms with Crippen LogP contribution in [0.15, 0.2) is 58.8 Å². The first kappa shape index (κ1) is 23.1. The summed E-state index contributed by atoms with van der Waals surface area (Å²) in [5.41, 5.74) is 1.90. The second-order valence-corrected chi connectivity index (χ2v) is 10.5. The Bertz CT molecular complexity index is 1160. The highest BCUT2D eigenvalue weighted by Crippen LogP contribution is 2.24. The molecule has 1 aromatic heterocycles. The first-order chi connectivity index (χ1) is 15.4. The number of hydrogen-bond acceptors (Lipinski definition) is 7. The Labute approximate surface area is 196 Å². The van der Waals surface area contributed by atoms with Gasteiger partial charge in [0.2, 0.25) is 10.0 Å². The largest absolute Gasteiger partial charge is 0.493 e. The fraction of sp³-hybridized carbons (Fsp3) is 0.333. The molecule has 1 aliphatic rings. The van der Waals surface area contributed by atoms with Crippen molar-refractivity contribution < 1.29 is 17.9 Å². The van der Waals surface area contributed by atoms with Crippen LogP contribution in [-0.4, -0.2) is 66.2 Å². The van der Waals surface area contributed by atoms with Crippen molar-refractivity contribution in [2.75, 3.05) is 38.7 Å². The van der Waals surface area contributed by atoms with Gasteiger partial charge in [-0.2, -0.15) is 4.31 Å². The van der Waals surface area contributed by atoms with Crippen LogP contribution < -0.4 is 4.74 Å². The summed E-state index contributed by atoms with van der Waals surface area (Å²) in [5, 5.41) is 9.59. The molecule has 32 heavy (non-hydrogen) atoms. The lowest BCUT2D eigenvalue weighted by atomic mass is 10.2. The van der Waals surface area contributed by atoms with Crippen LogP contribution in [0.2, 0.25) is 5.02 Å². The van der Waals surface area contributed by atoms with Gasteiger partial charge in [-0.15, -0.1) is 10.2 Å². The number of morpholine rings is 1. The molecule has 2 aromatic carbocycles. The lowest BCUT2D eigenvalue weighted by Crippen LogP contribution is -2.40. The van der Waals surface area contributed by atoms with E-state index in [9.17, 15) is 8.42 Å². The number of ether oxygens (including phenoxy) is 2. The molecular formula is C21H23ClN4O4S2. The lowest BCUT2D eigenvalue weighted by Gasteiger charge is -2.26. The number of halogens is 1. The molecule has 1 saturated heterocycles. The Kier molecular flexibility index (Phi) is 7.37. The number of thioether (sulfide) groups is 1. The zero-order valence-electron chi connectivity index (χ0n) is 17.5. The molecule has 0 amide bonds.